The number of anilines is 2. The average molecular weight is 750 g/mol. The van der Waals surface area contributed by atoms with Crippen LogP contribution in [0.2, 0.25) is 5.02 Å². The van der Waals surface area contributed by atoms with Gasteiger partial charge in [0.2, 0.25) is 21.8 Å². The summed E-state index contributed by atoms with van der Waals surface area (Å²) < 4.78 is 33.0. The van der Waals surface area contributed by atoms with Gasteiger partial charge in [-0.15, -0.1) is 0 Å². The minimum atomic E-state index is -3.50. The number of hydrogen-bond acceptors (Lipinski definition) is 7. The van der Waals surface area contributed by atoms with Gasteiger partial charge in [-0.1, -0.05) is 60.1 Å². The molecule has 2 atom stereocenters. The fourth-order valence-corrected chi connectivity index (χ4v) is 7.99. The van der Waals surface area contributed by atoms with Crippen LogP contribution in [0.3, 0.4) is 0 Å². The van der Waals surface area contributed by atoms with E-state index in [1.54, 1.807) is 37.8 Å². The SMILES string of the molecule is CC(C)(C)OC(=O)N1Cc2ccccc2C[C@H]1C(=O)N[C@H](Cc1ccc(Cl)cc1)C(=O)N1CCN(c2ccccc2N(CC2CC2)S(C)(=O)=O)CC1. The molecule has 3 amide bonds. The maximum absolute atomic E-state index is 14.3. The number of piperazine rings is 1. The Hall–Kier alpha value is -4.29. The van der Waals surface area contributed by atoms with Crippen LogP contribution in [-0.2, 0) is 43.7 Å². The van der Waals surface area contributed by atoms with Gasteiger partial charge < -0.3 is 19.9 Å². The number of rotatable bonds is 10. The lowest BCUT2D eigenvalue weighted by Gasteiger charge is -2.40. The minimum absolute atomic E-state index is 0.208. The minimum Gasteiger partial charge on any atom is -0.444 e. The van der Waals surface area contributed by atoms with Crippen LogP contribution in [-0.4, -0.2) is 92.8 Å². The van der Waals surface area contributed by atoms with Gasteiger partial charge in [-0.05, 0) is 80.5 Å². The fourth-order valence-electron chi connectivity index (χ4n) is 6.87. The lowest BCUT2D eigenvalue weighted by molar-refractivity contribution is -0.138. The number of carbonyl (C=O) groups is 3. The number of carbonyl (C=O) groups excluding carboxylic acids is 3. The molecule has 2 aliphatic heterocycles. The summed E-state index contributed by atoms with van der Waals surface area (Å²) in [5, 5.41) is 3.60. The van der Waals surface area contributed by atoms with E-state index in [0.717, 1.165) is 35.2 Å². The summed E-state index contributed by atoms with van der Waals surface area (Å²) in [7, 11) is -3.50. The molecule has 6 rings (SSSR count). The number of benzene rings is 3. The smallest absolute Gasteiger partial charge is 0.411 e. The first kappa shape index (κ1) is 37.5. The molecule has 2 heterocycles. The Morgan fingerprint density at radius 3 is 2.19 bits per heavy atom. The Kier molecular flexibility index (Phi) is 11.1. The van der Waals surface area contributed by atoms with Crippen LogP contribution in [0.1, 0.15) is 50.3 Å². The number of ether oxygens (including phenoxy) is 1. The Balaban J connectivity index is 1.21. The molecule has 0 radical (unpaired) electrons. The van der Waals surface area contributed by atoms with Gasteiger partial charge in [0.1, 0.15) is 17.7 Å². The van der Waals surface area contributed by atoms with E-state index in [1.165, 1.54) is 15.5 Å². The lowest BCUT2D eigenvalue weighted by atomic mass is 9.93. The number of para-hydroxylation sites is 2. The van der Waals surface area contributed by atoms with Crippen molar-refractivity contribution in [3.63, 3.8) is 0 Å². The normalized spacial score (nSPS) is 18.3. The molecule has 278 valence electrons. The molecule has 1 N–H and O–H groups in total. The third kappa shape index (κ3) is 9.19. The number of nitrogens with zero attached hydrogens (tertiary/aromatic N) is 4. The maximum atomic E-state index is 14.3. The van der Waals surface area contributed by atoms with Gasteiger partial charge in [-0.25, -0.2) is 13.2 Å². The van der Waals surface area contributed by atoms with Crippen LogP contribution in [0.5, 0.6) is 0 Å². The van der Waals surface area contributed by atoms with Crippen LogP contribution >= 0.6 is 11.6 Å². The summed E-state index contributed by atoms with van der Waals surface area (Å²) in [6.07, 6.45) is 3.21. The second-order valence-electron chi connectivity index (χ2n) is 15.0. The van der Waals surface area contributed by atoms with Crippen LogP contribution in [0.25, 0.3) is 0 Å². The first-order valence-corrected chi connectivity index (χ1v) is 20.1. The van der Waals surface area contributed by atoms with E-state index < -0.39 is 39.7 Å². The molecule has 1 aliphatic carbocycles. The van der Waals surface area contributed by atoms with Gasteiger partial charge in [0.25, 0.3) is 0 Å². The molecule has 13 heteroatoms. The van der Waals surface area contributed by atoms with Gasteiger partial charge in [0.15, 0.2) is 0 Å². The summed E-state index contributed by atoms with van der Waals surface area (Å²) in [5.74, 6) is -0.302. The van der Waals surface area contributed by atoms with Gasteiger partial charge >= 0.3 is 6.09 Å². The molecular formula is C39H48ClN5O6S. The van der Waals surface area contributed by atoms with Crippen molar-refractivity contribution in [1.82, 2.24) is 15.1 Å². The van der Waals surface area contributed by atoms with Crippen LogP contribution in [0.15, 0.2) is 72.8 Å². The van der Waals surface area contributed by atoms with E-state index in [-0.39, 0.29) is 25.3 Å². The predicted octanol–water partition coefficient (Wildman–Crippen LogP) is 5.25. The van der Waals surface area contributed by atoms with Crippen molar-refractivity contribution in [3.8, 4) is 0 Å². The maximum Gasteiger partial charge on any atom is 0.411 e. The van der Waals surface area contributed by atoms with Crippen molar-refractivity contribution in [2.75, 3.05) is 48.2 Å². The van der Waals surface area contributed by atoms with Crippen LogP contribution in [0.4, 0.5) is 16.2 Å². The molecule has 0 spiro atoms. The first-order chi connectivity index (χ1) is 24.7. The van der Waals surface area contributed by atoms with E-state index in [1.807, 2.05) is 60.7 Å². The van der Waals surface area contributed by atoms with E-state index in [4.69, 9.17) is 16.3 Å². The largest absolute Gasteiger partial charge is 0.444 e. The highest BCUT2D eigenvalue weighted by Gasteiger charge is 2.39. The Labute approximate surface area is 311 Å². The van der Waals surface area contributed by atoms with Crippen molar-refractivity contribution in [1.29, 1.82) is 0 Å². The molecule has 52 heavy (non-hydrogen) atoms. The van der Waals surface area contributed by atoms with E-state index in [2.05, 4.69) is 10.2 Å². The van der Waals surface area contributed by atoms with Gasteiger partial charge in [0, 0.05) is 50.6 Å². The number of amides is 3. The highest BCUT2D eigenvalue weighted by molar-refractivity contribution is 7.92. The number of halogens is 1. The van der Waals surface area contributed by atoms with Gasteiger partial charge in [0.05, 0.1) is 24.2 Å². The second kappa shape index (κ2) is 15.4. The number of sulfonamides is 1. The number of hydrogen-bond donors (Lipinski definition) is 1. The van der Waals surface area contributed by atoms with Crippen molar-refractivity contribution in [2.45, 2.75) is 70.7 Å². The molecule has 0 bridgehead atoms. The average Bonchev–Trinajstić information content (AvgIpc) is 3.94. The summed E-state index contributed by atoms with van der Waals surface area (Å²) in [6, 6.07) is 20.6. The Morgan fingerprint density at radius 1 is 0.923 bits per heavy atom. The molecule has 0 unspecified atom stereocenters. The van der Waals surface area contributed by atoms with Gasteiger partial charge in [-0.2, -0.15) is 0 Å². The molecular weight excluding hydrogens is 702 g/mol. The monoisotopic (exact) mass is 749 g/mol. The van der Waals surface area contributed by atoms with E-state index in [0.29, 0.717) is 49.4 Å². The molecule has 11 nitrogen and oxygen atoms in total. The fraction of sp³-hybridized carbons (Fsp3) is 0.462. The molecule has 3 aromatic rings. The number of fused-ring (bicyclic) bond motifs is 1. The summed E-state index contributed by atoms with van der Waals surface area (Å²) in [5.41, 5.74) is 3.43. The zero-order chi connectivity index (χ0) is 37.2. The quantitative estimate of drug-likeness (QED) is 0.301. The van der Waals surface area contributed by atoms with Crippen molar-refractivity contribution >= 4 is 50.9 Å². The van der Waals surface area contributed by atoms with E-state index in [9.17, 15) is 22.8 Å². The third-order valence-electron chi connectivity index (χ3n) is 9.75. The first-order valence-electron chi connectivity index (χ1n) is 17.9. The molecule has 2 fully saturated rings. The van der Waals surface area contributed by atoms with Gasteiger partial charge in [-0.3, -0.25) is 18.8 Å². The highest BCUT2D eigenvalue weighted by atomic mass is 35.5. The number of nitrogens with one attached hydrogen (secondary N) is 1. The van der Waals surface area contributed by atoms with Crippen LogP contribution in [0, 0.1) is 5.92 Å². The standard InChI is InChI=1S/C39H48ClN5O6S/c1-39(2,3)51-38(48)44-26-30-10-6-5-9-29(30)24-35(44)36(46)41-32(23-27-15-17-31(40)18-16-27)37(47)43-21-19-42(20-22-43)33-11-7-8-12-34(33)45(52(4,49)50)25-28-13-14-28/h5-12,15-18,28,32,35H,13-14,19-26H2,1-4H3,(H,41,46)/t32-,35+/m1/s1. The molecule has 1 saturated carbocycles. The van der Waals surface area contributed by atoms with Crippen molar-refractivity contribution < 1.29 is 27.5 Å². The molecule has 3 aromatic carbocycles. The zero-order valence-electron chi connectivity index (χ0n) is 30.3. The topological polar surface area (TPSA) is 120 Å². The summed E-state index contributed by atoms with van der Waals surface area (Å²) in [6.45, 7) is 7.74. The summed E-state index contributed by atoms with van der Waals surface area (Å²) >= 11 is 6.16. The van der Waals surface area contributed by atoms with Crippen molar-refractivity contribution in [3.05, 3.63) is 94.5 Å². The Bertz CT molecular complexity index is 1890. The second-order valence-corrected chi connectivity index (χ2v) is 17.4. The van der Waals surface area contributed by atoms with Crippen molar-refractivity contribution in [2.24, 2.45) is 5.92 Å². The zero-order valence-corrected chi connectivity index (χ0v) is 31.8. The predicted molar refractivity (Wildman–Crippen MR) is 203 cm³/mol. The highest BCUT2D eigenvalue weighted by Crippen LogP contribution is 2.37. The molecule has 3 aliphatic rings. The molecule has 1 saturated heterocycles. The lowest BCUT2D eigenvalue weighted by Crippen LogP contribution is -2.59. The third-order valence-corrected chi connectivity index (χ3v) is 11.1. The van der Waals surface area contributed by atoms with E-state index >= 15 is 0 Å². The van der Waals surface area contributed by atoms with Crippen LogP contribution < -0.4 is 14.5 Å². The Morgan fingerprint density at radius 2 is 1.56 bits per heavy atom. The molecule has 0 aromatic heterocycles. The summed E-state index contributed by atoms with van der Waals surface area (Å²) in [4.78, 5) is 47.3.